The number of hydrogen-bond donors (Lipinski definition) is 0. The Morgan fingerprint density at radius 3 is 2.72 bits per heavy atom. The summed E-state index contributed by atoms with van der Waals surface area (Å²) in [6.07, 6.45) is 18.7. The van der Waals surface area contributed by atoms with Crippen LogP contribution in [0.25, 0.3) is 0 Å². The van der Waals surface area contributed by atoms with E-state index in [0.29, 0.717) is 11.3 Å². The molecule has 0 aromatic carbocycles. The molecule has 3 fully saturated rings. The molecule has 0 heterocycles. The zero-order valence-electron chi connectivity index (χ0n) is 16.4. The fraction of sp³-hybridized carbons (Fsp3) is 0.708. The first-order chi connectivity index (χ1) is 11.9. The summed E-state index contributed by atoms with van der Waals surface area (Å²) in [5.41, 5.74) is 2.08. The van der Waals surface area contributed by atoms with Crippen molar-refractivity contribution < 1.29 is 4.79 Å². The Labute approximate surface area is 153 Å². The van der Waals surface area contributed by atoms with Crippen molar-refractivity contribution in [2.45, 2.75) is 66.2 Å². The Hall–Kier alpha value is -1.11. The van der Waals surface area contributed by atoms with Crippen molar-refractivity contribution in [3.8, 4) is 0 Å². The van der Waals surface area contributed by atoms with E-state index in [2.05, 4.69) is 45.9 Å². The van der Waals surface area contributed by atoms with E-state index in [-0.39, 0.29) is 11.2 Å². The molecule has 0 N–H and O–H groups in total. The van der Waals surface area contributed by atoms with Crippen LogP contribution in [0.3, 0.4) is 0 Å². The van der Waals surface area contributed by atoms with Gasteiger partial charge in [-0.05, 0) is 92.6 Å². The van der Waals surface area contributed by atoms with Crippen molar-refractivity contribution in [3.63, 3.8) is 0 Å². The van der Waals surface area contributed by atoms with Gasteiger partial charge in [0.25, 0.3) is 0 Å². The van der Waals surface area contributed by atoms with Gasteiger partial charge in [0.15, 0.2) is 5.78 Å². The number of rotatable bonds is 2. The third-order valence-corrected chi connectivity index (χ3v) is 8.76. The third kappa shape index (κ3) is 2.45. The zero-order valence-corrected chi connectivity index (χ0v) is 16.4. The molecule has 0 aromatic rings. The van der Waals surface area contributed by atoms with Gasteiger partial charge in [0, 0.05) is 5.41 Å². The van der Waals surface area contributed by atoms with E-state index < -0.39 is 0 Å². The SMILES string of the molecule is C/C=C/C(C)C1CCC2C3CCC4=CC(=O)C=CC4(C)C3CCC12C. The van der Waals surface area contributed by atoms with E-state index in [9.17, 15) is 4.79 Å². The quantitative estimate of drug-likeness (QED) is 0.554. The first-order valence-corrected chi connectivity index (χ1v) is 10.5. The largest absolute Gasteiger partial charge is 0.290 e. The van der Waals surface area contributed by atoms with Crippen molar-refractivity contribution in [1.29, 1.82) is 0 Å². The van der Waals surface area contributed by atoms with E-state index in [1.54, 1.807) is 0 Å². The second-order valence-corrected chi connectivity index (χ2v) is 9.72. The van der Waals surface area contributed by atoms with Crippen LogP contribution in [0.15, 0.2) is 36.0 Å². The van der Waals surface area contributed by atoms with Crippen molar-refractivity contribution >= 4 is 5.78 Å². The van der Waals surface area contributed by atoms with Crippen LogP contribution in [0.1, 0.15) is 66.2 Å². The molecule has 0 bridgehead atoms. The van der Waals surface area contributed by atoms with Crippen molar-refractivity contribution in [2.75, 3.05) is 0 Å². The minimum Gasteiger partial charge on any atom is -0.290 e. The highest BCUT2D eigenvalue weighted by Crippen LogP contribution is 2.66. The molecule has 1 heteroatoms. The molecule has 0 aliphatic heterocycles. The van der Waals surface area contributed by atoms with Crippen LogP contribution in [0, 0.1) is 40.4 Å². The molecular formula is C24H34O. The second-order valence-electron chi connectivity index (χ2n) is 9.72. The third-order valence-electron chi connectivity index (χ3n) is 8.76. The van der Waals surface area contributed by atoms with E-state index in [1.165, 1.54) is 37.7 Å². The molecule has 136 valence electrons. The molecule has 4 aliphatic carbocycles. The molecule has 4 rings (SSSR count). The van der Waals surface area contributed by atoms with Gasteiger partial charge in [-0.15, -0.1) is 0 Å². The van der Waals surface area contributed by atoms with Crippen LogP contribution in [0.2, 0.25) is 0 Å². The van der Waals surface area contributed by atoms with Crippen LogP contribution >= 0.6 is 0 Å². The zero-order chi connectivity index (χ0) is 17.8. The minimum atomic E-state index is 0.144. The number of fused-ring (bicyclic) bond motifs is 5. The molecule has 0 spiro atoms. The smallest absolute Gasteiger partial charge is 0.178 e. The van der Waals surface area contributed by atoms with Gasteiger partial charge in [-0.1, -0.05) is 44.6 Å². The lowest BCUT2D eigenvalue weighted by Crippen LogP contribution is -2.50. The summed E-state index contributed by atoms with van der Waals surface area (Å²) in [5, 5.41) is 0. The number of carbonyl (C=O) groups is 1. The van der Waals surface area contributed by atoms with Crippen LogP contribution in [0.5, 0.6) is 0 Å². The number of hydrogen-bond acceptors (Lipinski definition) is 1. The topological polar surface area (TPSA) is 17.1 Å². The van der Waals surface area contributed by atoms with Gasteiger partial charge in [-0.2, -0.15) is 0 Å². The highest BCUT2D eigenvalue weighted by atomic mass is 16.1. The van der Waals surface area contributed by atoms with Crippen LogP contribution in [0.4, 0.5) is 0 Å². The van der Waals surface area contributed by atoms with E-state index in [1.807, 2.05) is 12.2 Å². The molecule has 0 amide bonds. The van der Waals surface area contributed by atoms with E-state index in [4.69, 9.17) is 0 Å². The Bertz CT molecular complexity index is 653. The van der Waals surface area contributed by atoms with Gasteiger partial charge in [-0.3, -0.25) is 4.79 Å². The molecule has 0 saturated heterocycles. The van der Waals surface area contributed by atoms with Gasteiger partial charge < -0.3 is 0 Å². The maximum absolute atomic E-state index is 11.9. The summed E-state index contributed by atoms with van der Waals surface area (Å²) < 4.78 is 0. The summed E-state index contributed by atoms with van der Waals surface area (Å²) in [7, 11) is 0. The Morgan fingerprint density at radius 2 is 1.96 bits per heavy atom. The lowest BCUT2D eigenvalue weighted by atomic mass is 9.47. The van der Waals surface area contributed by atoms with Crippen molar-refractivity contribution in [1.82, 2.24) is 0 Å². The molecule has 7 unspecified atom stereocenters. The predicted octanol–water partition coefficient (Wildman–Crippen LogP) is 6.12. The van der Waals surface area contributed by atoms with Crippen molar-refractivity contribution in [2.24, 2.45) is 40.4 Å². The molecular weight excluding hydrogens is 304 g/mol. The number of ketones is 1. The first-order valence-electron chi connectivity index (χ1n) is 10.5. The molecule has 0 aromatic heterocycles. The highest BCUT2D eigenvalue weighted by Gasteiger charge is 2.58. The lowest BCUT2D eigenvalue weighted by molar-refractivity contribution is -0.111. The fourth-order valence-electron chi connectivity index (χ4n) is 7.54. The Morgan fingerprint density at radius 1 is 1.16 bits per heavy atom. The Balaban J connectivity index is 1.63. The average Bonchev–Trinajstić information content (AvgIpc) is 2.93. The summed E-state index contributed by atoms with van der Waals surface area (Å²) in [6, 6.07) is 0. The number of carbonyl (C=O) groups excluding carboxylic acids is 1. The summed E-state index contributed by atoms with van der Waals surface area (Å²) in [4.78, 5) is 11.9. The fourth-order valence-corrected chi connectivity index (χ4v) is 7.54. The molecule has 7 atom stereocenters. The monoisotopic (exact) mass is 338 g/mol. The molecule has 1 nitrogen and oxygen atoms in total. The first kappa shape index (κ1) is 17.3. The van der Waals surface area contributed by atoms with Crippen LogP contribution in [-0.4, -0.2) is 5.78 Å². The summed E-state index contributed by atoms with van der Waals surface area (Å²) in [5.74, 6) is 4.23. The Kier molecular flexibility index (Phi) is 4.13. The predicted molar refractivity (Wildman–Crippen MR) is 104 cm³/mol. The van der Waals surface area contributed by atoms with E-state index in [0.717, 1.165) is 30.1 Å². The molecule has 3 saturated carbocycles. The summed E-state index contributed by atoms with van der Waals surface area (Å²) >= 11 is 0. The standard InChI is InChI=1S/C24H34O/c1-5-6-16(2)20-9-10-21-19-8-7-17-15-18(25)11-13-23(17,3)22(19)12-14-24(20,21)4/h5-6,11,13,15-16,19-22H,7-10,12,14H2,1-4H3/b6-5+. The maximum atomic E-state index is 11.9. The summed E-state index contributed by atoms with van der Waals surface area (Å²) in [6.45, 7) is 9.62. The average molecular weight is 339 g/mol. The normalized spacial score (nSPS) is 47.2. The molecule has 0 radical (unpaired) electrons. The molecule has 25 heavy (non-hydrogen) atoms. The van der Waals surface area contributed by atoms with Crippen LogP contribution in [-0.2, 0) is 4.79 Å². The van der Waals surface area contributed by atoms with Crippen molar-refractivity contribution in [3.05, 3.63) is 36.0 Å². The van der Waals surface area contributed by atoms with E-state index >= 15 is 0 Å². The number of allylic oxidation sites excluding steroid dienone is 6. The van der Waals surface area contributed by atoms with Gasteiger partial charge in [0.05, 0.1) is 0 Å². The minimum absolute atomic E-state index is 0.144. The second kappa shape index (κ2) is 5.96. The highest BCUT2D eigenvalue weighted by molar-refractivity contribution is 6.01. The molecule has 4 aliphatic rings. The maximum Gasteiger partial charge on any atom is 0.178 e. The van der Waals surface area contributed by atoms with Gasteiger partial charge >= 0.3 is 0 Å². The lowest BCUT2D eigenvalue weighted by Gasteiger charge is -2.57. The van der Waals surface area contributed by atoms with Gasteiger partial charge in [0.1, 0.15) is 0 Å². The van der Waals surface area contributed by atoms with Gasteiger partial charge in [0.2, 0.25) is 0 Å². The van der Waals surface area contributed by atoms with Gasteiger partial charge in [-0.25, -0.2) is 0 Å². The van der Waals surface area contributed by atoms with Crippen LogP contribution < -0.4 is 0 Å².